The molecule has 0 aliphatic heterocycles. The summed E-state index contributed by atoms with van der Waals surface area (Å²) in [7, 11) is 2.27. The molecule has 0 aromatic heterocycles. The average Bonchev–Trinajstić information content (AvgIpc) is 2.33. The van der Waals surface area contributed by atoms with Crippen LogP contribution in [-0.4, -0.2) is 31.1 Å². The van der Waals surface area contributed by atoms with Gasteiger partial charge in [0, 0.05) is 12.6 Å². The highest BCUT2D eigenvalue weighted by Gasteiger charge is 2.34. The first-order valence-corrected chi connectivity index (χ1v) is 7.43. The van der Waals surface area contributed by atoms with E-state index in [0.717, 1.165) is 12.5 Å². The third-order valence-electron chi connectivity index (χ3n) is 4.81. The van der Waals surface area contributed by atoms with Crippen molar-refractivity contribution in [3.8, 4) is 0 Å². The van der Waals surface area contributed by atoms with Gasteiger partial charge in [-0.3, -0.25) is 0 Å². The van der Waals surface area contributed by atoms with E-state index in [9.17, 15) is 0 Å². The van der Waals surface area contributed by atoms with E-state index in [4.69, 9.17) is 5.73 Å². The van der Waals surface area contributed by atoms with Crippen molar-refractivity contribution in [3.63, 3.8) is 0 Å². The van der Waals surface area contributed by atoms with Crippen LogP contribution < -0.4 is 5.73 Å². The van der Waals surface area contributed by atoms with Gasteiger partial charge in [-0.05, 0) is 51.1 Å². The Bertz CT molecular complexity index is 207. The summed E-state index contributed by atoms with van der Waals surface area (Å²) < 4.78 is 0. The van der Waals surface area contributed by atoms with E-state index in [1.165, 1.54) is 45.1 Å². The fraction of sp³-hybridized carbons (Fsp3) is 1.00. The summed E-state index contributed by atoms with van der Waals surface area (Å²) in [5, 5.41) is 0. The summed E-state index contributed by atoms with van der Waals surface area (Å²) in [6.45, 7) is 9.05. The lowest BCUT2D eigenvalue weighted by Crippen LogP contribution is -2.46. The molecular weight excluding hydrogens is 208 g/mol. The Morgan fingerprint density at radius 1 is 1.35 bits per heavy atom. The third-order valence-corrected chi connectivity index (χ3v) is 4.81. The molecule has 1 saturated carbocycles. The van der Waals surface area contributed by atoms with Crippen molar-refractivity contribution in [2.24, 2.45) is 17.1 Å². The molecule has 0 heterocycles. The molecule has 0 amide bonds. The average molecular weight is 240 g/mol. The van der Waals surface area contributed by atoms with Crippen LogP contribution in [0.2, 0.25) is 0 Å². The van der Waals surface area contributed by atoms with Crippen LogP contribution in [0, 0.1) is 11.3 Å². The topological polar surface area (TPSA) is 29.3 Å². The van der Waals surface area contributed by atoms with E-state index in [1.807, 2.05) is 0 Å². The molecule has 1 rings (SSSR count). The van der Waals surface area contributed by atoms with E-state index < -0.39 is 0 Å². The van der Waals surface area contributed by atoms with Crippen molar-refractivity contribution in [1.82, 2.24) is 4.90 Å². The van der Waals surface area contributed by atoms with Gasteiger partial charge < -0.3 is 10.6 Å². The summed E-state index contributed by atoms with van der Waals surface area (Å²) in [6, 6.07) is 0.697. The zero-order chi connectivity index (χ0) is 12.9. The summed E-state index contributed by atoms with van der Waals surface area (Å²) in [5.41, 5.74) is 6.49. The Morgan fingerprint density at radius 2 is 1.94 bits per heavy atom. The van der Waals surface area contributed by atoms with Gasteiger partial charge in [0.25, 0.3) is 0 Å². The molecular formula is C15H32N2. The first-order chi connectivity index (χ1) is 8.03. The zero-order valence-corrected chi connectivity index (χ0v) is 12.3. The van der Waals surface area contributed by atoms with Crippen molar-refractivity contribution < 1.29 is 0 Å². The molecule has 1 unspecified atom stereocenters. The van der Waals surface area contributed by atoms with Gasteiger partial charge in [0.2, 0.25) is 0 Å². The number of nitrogens with zero attached hydrogens (tertiary/aromatic N) is 1. The van der Waals surface area contributed by atoms with Gasteiger partial charge >= 0.3 is 0 Å². The standard InChI is InChI=1S/C15H32N2/c1-5-6-14(3)17(4)12-15(11-16)9-7-13(2)8-10-15/h13-14H,5-12,16H2,1-4H3. The highest BCUT2D eigenvalue weighted by atomic mass is 15.1. The largest absolute Gasteiger partial charge is 0.330 e. The minimum absolute atomic E-state index is 0.406. The minimum Gasteiger partial charge on any atom is -0.330 e. The molecule has 17 heavy (non-hydrogen) atoms. The first kappa shape index (κ1) is 15.0. The van der Waals surface area contributed by atoms with Crippen LogP contribution in [0.3, 0.4) is 0 Å². The Labute approximate surface area is 108 Å². The van der Waals surface area contributed by atoms with Gasteiger partial charge in [0.1, 0.15) is 0 Å². The molecule has 0 saturated heterocycles. The Morgan fingerprint density at radius 3 is 2.41 bits per heavy atom. The maximum absolute atomic E-state index is 6.08. The van der Waals surface area contributed by atoms with Gasteiger partial charge in [0.15, 0.2) is 0 Å². The minimum atomic E-state index is 0.406. The molecule has 0 spiro atoms. The van der Waals surface area contributed by atoms with E-state index >= 15 is 0 Å². The van der Waals surface area contributed by atoms with E-state index in [-0.39, 0.29) is 0 Å². The summed E-state index contributed by atoms with van der Waals surface area (Å²) >= 11 is 0. The van der Waals surface area contributed by atoms with Crippen molar-refractivity contribution >= 4 is 0 Å². The van der Waals surface area contributed by atoms with E-state index in [0.29, 0.717) is 11.5 Å². The van der Waals surface area contributed by atoms with Crippen LogP contribution in [0.15, 0.2) is 0 Å². The van der Waals surface area contributed by atoms with E-state index in [1.54, 1.807) is 0 Å². The lowest BCUT2D eigenvalue weighted by atomic mass is 9.70. The third kappa shape index (κ3) is 4.26. The maximum Gasteiger partial charge on any atom is 0.00640 e. The van der Waals surface area contributed by atoms with Crippen LogP contribution >= 0.6 is 0 Å². The second kappa shape index (κ2) is 6.75. The Kier molecular flexibility index (Phi) is 5.94. The zero-order valence-electron chi connectivity index (χ0n) is 12.3. The van der Waals surface area contributed by atoms with Gasteiger partial charge in [-0.15, -0.1) is 0 Å². The lowest BCUT2D eigenvalue weighted by molar-refractivity contribution is 0.0878. The fourth-order valence-electron chi connectivity index (χ4n) is 3.12. The molecule has 0 radical (unpaired) electrons. The molecule has 102 valence electrons. The smallest absolute Gasteiger partial charge is 0.00640 e. The second-order valence-electron chi connectivity index (χ2n) is 6.44. The molecule has 2 N–H and O–H groups in total. The highest BCUT2D eigenvalue weighted by Crippen LogP contribution is 2.38. The molecule has 2 nitrogen and oxygen atoms in total. The second-order valence-corrected chi connectivity index (χ2v) is 6.44. The fourth-order valence-corrected chi connectivity index (χ4v) is 3.12. The van der Waals surface area contributed by atoms with Crippen molar-refractivity contribution in [1.29, 1.82) is 0 Å². The molecule has 0 aromatic rings. The van der Waals surface area contributed by atoms with Gasteiger partial charge in [-0.25, -0.2) is 0 Å². The molecule has 1 aliphatic carbocycles. The monoisotopic (exact) mass is 240 g/mol. The quantitative estimate of drug-likeness (QED) is 0.772. The van der Waals surface area contributed by atoms with Gasteiger partial charge in [-0.1, -0.05) is 33.1 Å². The van der Waals surface area contributed by atoms with Crippen LogP contribution in [0.1, 0.15) is 59.3 Å². The SMILES string of the molecule is CCCC(C)N(C)CC1(CN)CCC(C)CC1. The first-order valence-electron chi connectivity index (χ1n) is 7.43. The number of rotatable bonds is 6. The normalized spacial score (nSPS) is 31.8. The molecule has 0 bridgehead atoms. The van der Waals surface area contributed by atoms with Gasteiger partial charge in [0.05, 0.1) is 0 Å². The molecule has 1 fully saturated rings. The van der Waals surface area contributed by atoms with Crippen LogP contribution in [0.25, 0.3) is 0 Å². The summed E-state index contributed by atoms with van der Waals surface area (Å²) in [5.74, 6) is 0.910. The van der Waals surface area contributed by atoms with Gasteiger partial charge in [-0.2, -0.15) is 0 Å². The Balaban J connectivity index is 2.50. The molecule has 2 heteroatoms. The van der Waals surface area contributed by atoms with Crippen LogP contribution in [0.5, 0.6) is 0 Å². The van der Waals surface area contributed by atoms with Crippen molar-refractivity contribution in [2.75, 3.05) is 20.1 Å². The number of nitrogens with two attached hydrogens (primary N) is 1. The summed E-state index contributed by atoms with van der Waals surface area (Å²) in [6.07, 6.45) is 7.97. The summed E-state index contributed by atoms with van der Waals surface area (Å²) in [4.78, 5) is 2.53. The maximum atomic E-state index is 6.08. The van der Waals surface area contributed by atoms with Crippen molar-refractivity contribution in [2.45, 2.75) is 65.3 Å². The van der Waals surface area contributed by atoms with Crippen LogP contribution in [0.4, 0.5) is 0 Å². The molecule has 0 aromatic carbocycles. The Hall–Kier alpha value is -0.0800. The lowest BCUT2D eigenvalue weighted by Gasteiger charge is -2.42. The highest BCUT2D eigenvalue weighted by molar-refractivity contribution is 4.88. The number of hydrogen-bond donors (Lipinski definition) is 1. The predicted octanol–water partition coefficient (Wildman–Crippen LogP) is 3.26. The van der Waals surface area contributed by atoms with E-state index in [2.05, 4.69) is 32.7 Å². The van der Waals surface area contributed by atoms with Crippen molar-refractivity contribution in [3.05, 3.63) is 0 Å². The number of hydrogen-bond acceptors (Lipinski definition) is 2. The van der Waals surface area contributed by atoms with Crippen LogP contribution in [-0.2, 0) is 0 Å². The molecule has 1 atom stereocenters. The molecule has 1 aliphatic rings. The predicted molar refractivity (Wildman–Crippen MR) is 76.1 cm³/mol.